The third-order valence-electron chi connectivity index (χ3n) is 4.47. The number of carbonyl (C=O) groups excluding carboxylic acids is 1. The van der Waals surface area contributed by atoms with Crippen LogP contribution < -0.4 is 5.32 Å². The summed E-state index contributed by atoms with van der Waals surface area (Å²) in [7, 11) is 0. The van der Waals surface area contributed by atoms with Crippen molar-refractivity contribution >= 4 is 28.3 Å². The summed E-state index contributed by atoms with van der Waals surface area (Å²) in [5.74, 6) is -1.53. The number of aliphatic carboxylic acids is 1. The minimum atomic E-state index is -0.825. The quantitative estimate of drug-likeness (QED) is 0.889. The minimum Gasteiger partial charge on any atom is -0.481 e. The van der Waals surface area contributed by atoms with Gasteiger partial charge in [-0.05, 0) is 37.5 Å². The molecule has 1 aromatic rings. The first-order valence-corrected chi connectivity index (χ1v) is 7.48. The maximum absolute atomic E-state index is 12.4. The van der Waals surface area contributed by atoms with Crippen molar-refractivity contribution in [1.82, 2.24) is 4.98 Å². The van der Waals surface area contributed by atoms with Crippen molar-refractivity contribution in [2.45, 2.75) is 25.7 Å². The molecule has 4 rings (SSSR count). The molecule has 0 spiro atoms. The smallest absolute Gasteiger partial charge is 0.307 e. The Hall–Kier alpha value is -1.43. The summed E-state index contributed by atoms with van der Waals surface area (Å²) in [6.45, 7) is 0. The summed E-state index contributed by atoms with van der Waals surface area (Å²) in [4.78, 5) is 27.9. The predicted molar refractivity (Wildman–Crippen MR) is 70.8 cm³/mol. The summed E-state index contributed by atoms with van der Waals surface area (Å²) in [6.07, 6.45) is 5.47. The van der Waals surface area contributed by atoms with Gasteiger partial charge in [0.25, 0.3) is 0 Å². The van der Waals surface area contributed by atoms with Crippen molar-refractivity contribution in [2.75, 3.05) is 5.32 Å². The van der Waals surface area contributed by atoms with Gasteiger partial charge < -0.3 is 10.4 Å². The molecule has 1 aromatic heterocycles. The highest BCUT2D eigenvalue weighted by atomic mass is 32.1. The van der Waals surface area contributed by atoms with Crippen molar-refractivity contribution in [3.8, 4) is 0 Å². The van der Waals surface area contributed by atoms with E-state index >= 15 is 0 Å². The van der Waals surface area contributed by atoms with E-state index in [0.717, 1.165) is 25.7 Å². The molecular weight excluding hydrogens is 264 g/mol. The first kappa shape index (κ1) is 12.6. The van der Waals surface area contributed by atoms with Gasteiger partial charge in [-0.25, -0.2) is 4.98 Å². The van der Waals surface area contributed by atoms with Gasteiger partial charge in [-0.15, -0.1) is 11.3 Å². The largest absolute Gasteiger partial charge is 0.481 e. The highest BCUT2D eigenvalue weighted by molar-refractivity contribution is 7.13. The van der Waals surface area contributed by atoms with Crippen LogP contribution in [-0.2, 0) is 9.59 Å². The summed E-state index contributed by atoms with van der Waals surface area (Å²) in [5.41, 5.74) is 0. The predicted octanol–water partition coefficient (Wildman–Crippen LogP) is 2.22. The molecule has 3 aliphatic rings. The topological polar surface area (TPSA) is 79.3 Å². The second-order valence-electron chi connectivity index (χ2n) is 5.39. The molecule has 6 heteroatoms. The number of carbonyl (C=O) groups is 2. The molecule has 0 aliphatic heterocycles. The maximum Gasteiger partial charge on any atom is 0.307 e. The lowest BCUT2D eigenvalue weighted by molar-refractivity contribution is -0.156. The highest BCUT2D eigenvalue weighted by Crippen LogP contribution is 2.49. The van der Waals surface area contributed by atoms with Gasteiger partial charge in [0.2, 0.25) is 5.91 Å². The Morgan fingerprint density at radius 2 is 1.84 bits per heavy atom. The lowest BCUT2D eigenvalue weighted by atomic mass is 9.58. The molecule has 0 saturated heterocycles. The van der Waals surface area contributed by atoms with Gasteiger partial charge in [-0.3, -0.25) is 9.59 Å². The van der Waals surface area contributed by atoms with Crippen LogP contribution in [0.3, 0.4) is 0 Å². The van der Waals surface area contributed by atoms with E-state index in [4.69, 9.17) is 0 Å². The van der Waals surface area contributed by atoms with Crippen molar-refractivity contribution in [3.63, 3.8) is 0 Å². The summed E-state index contributed by atoms with van der Waals surface area (Å²) < 4.78 is 0. The Balaban J connectivity index is 1.80. The van der Waals surface area contributed by atoms with Crippen LogP contribution in [0.15, 0.2) is 11.6 Å². The van der Waals surface area contributed by atoms with Gasteiger partial charge in [0, 0.05) is 11.6 Å². The van der Waals surface area contributed by atoms with E-state index in [1.54, 1.807) is 11.6 Å². The number of carboxylic acids is 1. The van der Waals surface area contributed by atoms with Crippen LogP contribution in [0.1, 0.15) is 25.7 Å². The molecule has 1 amide bonds. The molecular formula is C13H16N2O3S. The molecule has 0 radical (unpaired) electrons. The number of aromatic nitrogens is 1. The van der Waals surface area contributed by atoms with E-state index in [-0.39, 0.29) is 17.7 Å². The zero-order valence-corrected chi connectivity index (χ0v) is 11.2. The molecule has 3 saturated carbocycles. The minimum absolute atomic E-state index is 0.162. The van der Waals surface area contributed by atoms with Crippen LogP contribution >= 0.6 is 11.3 Å². The van der Waals surface area contributed by atoms with Crippen molar-refractivity contribution in [3.05, 3.63) is 11.6 Å². The fourth-order valence-corrected chi connectivity index (χ4v) is 4.19. The number of hydrogen-bond donors (Lipinski definition) is 2. The number of amides is 1. The second-order valence-corrected chi connectivity index (χ2v) is 6.29. The molecule has 3 aliphatic carbocycles. The van der Waals surface area contributed by atoms with Gasteiger partial charge in [0.05, 0.1) is 11.8 Å². The molecule has 19 heavy (non-hydrogen) atoms. The van der Waals surface area contributed by atoms with Crippen molar-refractivity contribution in [2.24, 2.45) is 23.7 Å². The van der Waals surface area contributed by atoms with Gasteiger partial charge in [-0.1, -0.05) is 0 Å². The summed E-state index contributed by atoms with van der Waals surface area (Å²) >= 11 is 1.35. The average molecular weight is 280 g/mol. The Bertz CT molecular complexity index is 480. The first-order valence-electron chi connectivity index (χ1n) is 6.60. The van der Waals surface area contributed by atoms with E-state index in [9.17, 15) is 14.7 Å². The third kappa shape index (κ3) is 2.25. The van der Waals surface area contributed by atoms with Crippen LogP contribution in [0.25, 0.3) is 0 Å². The monoisotopic (exact) mass is 280 g/mol. The molecule has 5 nitrogen and oxygen atoms in total. The summed E-state index contributed by atoms with van der Waals surface area (Å²) in [6, 6.07) is 0. The molecule has 0 aromatic carbocycles. The van der Waals surface area contributed by atoms with Crippen LogP contribution in [0, 0.1) is 23.7 Å². The number of anilines is 1. The maximum atomic E-state index is 12.4. The summed E-state index contributed by atoms with van der Waals surface area (Å²) in [5, 5.41) is 14.5. The third-order valence-corrected chi connectivity index (χ3v) is 5.16. The first-order chi connectivity index (χ1) is 9.16. The van der Waals surface area contributed by atoms with Gasteiger partial charge in [0.15, 0.2) is 5.13 Å². The molecule has 1 heterocycles. The van der Waals surface area contributed by atoms with Gasteiger partial charge >= 0.3 is 5.97 Å². The van der Waals surface area contributed by atoms with Crippen LogP contribution in [0.2, 0.25) is 0 Å². The second kappa shape index (κ2) is 4.92. The number of hydrogen-bond acceptors (Lipinski definition) is 4. The van der Waals surface area contributed by atoms with Crippen LogP contribution in [0.5, 0.6) is 0 Å². The van der Waals surface area contributed by atoms with E-state index in [1.165, 1.54) is 11.3 Å². The highest BCUT2D eigenvalue weighted by Gasteiger charge is 2.50. The molecule has 2 N–H and O–H groups in total. The SMILES string of the molecule is O=C(O)C1C2CCC(CC2)C1C(=O)Nc1nccs1. The van der Waals surface area contributed by atoms with Gasteiger partial charge in [-0.2, -0.15) is 0 Å². The Labute approximate surface area is 115 Å². The lowest BCUT2D eigenvalue weighted by Gasteiger charge is -2.45. The van der Waals surface area contributed by atoms with Crippen LogP contribution in [0.4, 0.5) is 5.13 Å². The van der Waals surface area contributed by atoms with Crippen molar-refractivity contribution < 1.29 is 14.7 Å². The fraction of sp³-hybridized carbons (Fsp3) is 0.615. The van der Waals surface area contributed by atoms with E-state index in [2.05, 4.69) is 10.3 Å². The number of rotatable bonds is 3. The normalized spacial score (nSPS) is 33.1. The number of carboxylic acid groups (broad SMARTS) is 1. The van der Waals surface area contributed by atoms with Gasteiger partial charge in [0.1, 0.15) is 0 Å². The molecule has 2 atom stereocenters. The number of nitrogens with zero attached hydrogens (tertiary/aromatic N) is 1. The lowest BCUT2D eigenvalue weighted by Crippen LogP contribution is -2.49. The number of fused-ring (bicyclic) bond motifs is 3. The Morgan fingerprint density at radius 3 is 2.37 bits per heavy atom. The van der Waals surface area contributed by atoms with E-state index in [1.807, 2.05) is 0 Å². The van der Waals surface area contributed by atoms with Crippen LogP contribution in [-0.4, -0.2) is 22.0 Å². The standard InChI is InChI=1S/C13H16N2O3S/c16-11(15-13-14-5-6-19-13)9-7-1-3-8(4-2-7)10(9)12(17)18/h5-10H,1-4H2,(H,17,18)(H,14,15,16). The van der Waals surface area contributed by atoms with E-state index < -0.39 is 17.8 Å². The van der Waals surface area contributed by atoms with Crippen molar-refractivity contribution in [1.29, 1.82) is 0 Å². The number of nitrogens with one attached hydrogen (secondary N) is 1. The molecule has 2 unspecified atom stereocenters. The number of thiazole rings is 1. The Morgan fingerprint density at radius 1 is 1.21 bits per heavy atom. The average Bonchev–Trinajstić information content (AvgIpc) is 2.91. The molecule has 2 bridgehead atoms. The Kier molecular flexibility index (Phi) is 3.26. The van der Waals surface area contributed by atoms with E-state index in [0.29, 0.717) is 5.13 Å². The zero-order valence-electron chi connectivity index (χ0n) is 10.4. The fourth-order valence-electron chi connectivity index (χ4n) is 3.66. The molecule has 102 valence electrons. The zero-order chi connectivity index (χ0) is 13.4. The molecule has 3 fully saturated rings.